The summed E-state index contributed by atoms with van der Waals surface area (Å²) in [6, 6.07) is 112. The SMILES string of the molecule is CC1(C)c2ccccc2-c2ccc(N(c3ccc(-c4cccc(-c5ccc(-c6cccc7ccccc67)c6cccc(-c7cccc8ccccc78)c56)c4)cc3)c3ccc(-c4ccc5c(c4)c4ccccc4n5-c4ccccc4)cc3)cc21. The molecule has 0 bridgehead atoms. The van der Waals surface area contributed by atoms with Crippen molar-refractivity contribution >= 4 is 71.2 Å². The highest BCUT2D eigenvalue weighted by Crippen LogP contribution is 2.51. The summed E-state index contributed by atoms with van der Waals surface area (Å²) in [5, 5.41) is 9.95. The fourth-order valence-corrected chi connectivity index (χ4v) is 13.8. The van der Waals surface area contributed by atoms with E-state index in [1.807, 2.05) is 0 Å². The molecule has 390 valence electrons. The third kappa shape index (κ3) is 7.93. The van der Waals surface area contributed by atoms with Gasteiger partial charge < -0.3 is 9.47 Å². The topological polar surface area (TPSA) is 8.17 Å². The first-order valence-corrected chi connectivity index (χ1v) is 28.9. The van der Waals surface area contributed by atoms with Crippen molar-refractivity contribution in [1.29, 1.82) is 0 Å². The van der Waals surface area contributed by atoms with Crippen LogP contribution in [0, 0.1) is 0 Å². The summed E-state index contributed by atoms with van der Waals surface area (Å²) in [6.07, 6.45) is 0. The predicted octanol–water partition coefficient (Wildman–Crippen LogP) is 22.4. The molecule has 0 aliphatic heterocycles. The first kappa shape index (κ1) is 48.4. The number of nitrogens with zero attached hydrogens (tertiary/aromatic N) is 2. The fraction of sp³-hybridized carbons (Fsp3) is 0.0370. The molecule has 2 heteroatoms. The Hall–Kier alpha value is -10.5. The number of fused-ring (bicyclic) bond motifs is 9. The Balaban J connectivity index is 0.800. The zero-order chi connectivity index (χ0) is 55.2. The van der Waals surface area contributed by atoms with Crippen LogP contribution >= 0.6 is 0 Å². The minimum Gasteiger partial charge on any atom is -0.310 e. The average Bonchev–Trinajstić information content (AvgIpc) is 3.48. The van der Waals surface area contributed by atoms with Crippen molar-refractivity contribution in [2.24, 2.45) is 0 Å². The lowest BCUT2D eigenvalue weighted by Crippen LogP contribution is -2.16. The quantitative estimate of drug-likeness (QED) is 0.140. The molecule has 0 spiro atoms. The molecule has 1 heterocycles. The molecule has 0 unspecified atom stereocenters. The Morgan fingerprint density at radius 3 is 1.47 bits per heavy atom. The van der Waals surface area contributed by atoms with E-state index in [9.17, 15) is 0 Å². The molecule has 16 rings (SSSR count). The minimum absolute atomic E-state index is 0.147. The summed E-state index contributed by atoms with van der Waals surface area (Å²) in [4.78, 5) is 2.43. The molecule has 0 amide bonds. The highest BCUT2D eigenvalue weighted by atomic mass is 15.1. The summed E-state index contributed by atoms with van der Waals surface area (Å²) < 4.78 is 2.38. The number of anilines is 3. The van der Waals surface area contributed by atoms with Crippen molar-refractivity contribution < 1.29 is 0 Å². The standard InChI is InChI=1S/C81H56N2/c1-81(2)76-34-12-10-28-70(76)71-46-45-63(52-77(71)81)82(62-43-38-54(39-44-62)58-40-49-79-75(51-58)72-29-11-13-35-78(72)83(79)60-24-4-3-5-25-60)61-41-36-53(37-42-61)57-22-14-23-59(50-57)66-47-48-69(67-30-15-20-55-18-6-8-26-64(55)67)74-33-17-32-73(80(66)74)68-31-16-21-56-19-7-9-27-65(56)68/h3-52H,1-2H3. The molecule has 0 fully saturated rings. The van der Waals surface area contributed by atoms with Crippen molar-refractivity contribution in [3.8, 4) is 72.4 Å². The number of para-hydroxylation sites is 2. The summed E-state index contributed by atoms with van der Waals surface area (Å²) in [6.45, 7) is 4.73. The molecule has 83 heavy (non-hydrogen) atoms. The number of hydrogen-bond donors (Lipinski definition) is 0. The molecule has 1 aromatic heterocycles. The van der Waals surface area contributed by atoms with Gasteiger partial charge in [-0.25, -0.2) is 0 Å². The normalized spacial score (nSPS) is 12.6. The summed E-state index contributed by atoms with van der Waals surface area (Å²) in [7, 11) is 0. The van der Waals surface area contributed by atoms with Gasteiger partial charge in [0.05, 0.1) is 11.0 Å². The van der Waals surface area contributed by atoms with E-state index in [2.05, 4.69) is 327 Å². The Morgan fingerprint density at radius 1 is 0.265 bits per heavy atom. The van der Waals surface area contributed by atoms with Crippen LogP contribution in [-0.4, -0.2) is 4.57 Å². The van der Waals surface area contributed by atoms with Crippen LogP contribution in [0.25, 0.3) is 127 Å². The highest BCUT2D eigenvalue weighted by molar-refractivity contribution is 6.17. The third-order valence-corrected chi connectivity index (χ3v) is 17.8. The smallest absolute Gasteiger partial charge is 0.0541 e. The van der Waals surface area contributed by atoms with Gasteiger partial charge >= 0.3 is 0 Å². The van der Waals surface area contributed by atoms with Gasteiger partial charge in [0.1, 0.15) is 0 Å². The van der Waals surface area contributed by atoms with Gasteiger partial charge in [-0.2, -0.15) is 0 Å². The second kappa shape index (κ2) is 19.3. The summed E-state index contributed by atoms with van der Waals surface area (Å²) in [5.41, 5.74) is 24.1. The molecule has 0 radical (unpaired) electrons. The molecular weight excluding hydrogens is 1000 g/mol. The number of hydrogen-bond acceptors (Lipinski definition) is 1. The van der Waals surface area contributed by atoms with Crippen LogP contribution in [0.15, 0.2) is 303 Å². The van der Waals surface area contributed by atoms with Crippen molar-refractivity contribution in [2.45, 2.75) is 19.3 Å². The molecule has 1 aliphatic rings. The van der Waals surface area contributed by atoms with E-state index < -0.39 is 0 Å². The maximum Gasteiger partial charge on any atom is 0.0541 e. The van der Waals surface area contributed by atoms with Gasteiger partial charge in [0, 0.05) is 38.9 Å². The summed E-state index contributed by atoms with van der Waals surface area (Å²) in [5.74, 6) is 0. The van der Waals surface area contributed by atoms with Crippen LogP contribution in [0.4, 0.5) is 17.1 Å². The van der Waals surface area contributed by atoms with Gasteiger partial charge in [-0.15, -0.1) is 0 Å². The Morgan fingerprint density at radius 2 is 0.735 bits per heavy atom. The predicted molar refractivity (Wildman–Crippen MR) is 353 cm³/mol. The van der Waals surface area contributed by atoms with Crippen LogP contribution in [0.3, 0.4) is 0 Å². The third-order valence-electron chi connectivity index (χ3n) is 17.8. The van der Waals surface area contributed by atoms with Gasteiger partial charge in [-0.1, -0.05) is 244 Å². The second-order valence-corrected chi connectivity index (χ2v) is 22.8. The summed E-state index contributed by atoms with van der Waals surface area (Å²) >= 11 is 0. The maximum atomic E-state index is 2.43. The molecule has 15 aromatic rings. The van der Waals surface area contributed by atoms with Crippen LogP contribution < -0.4 is 4.90 Å². The van der Waals surface area contributed by atoms with E-state index in [0.717, 1.165) is 28.3 Å². The minimum atomic E-state index is -0.147. The van der Waals surface area contributed by atoms with Crippen LogP contribution in [0.5, 0.6) is 0 Å². The molecule has 14 aromatic carbocycles. The lowest BCUT2D eigenvalue weighted by Gasteiger charge is -2.28. The van der Waals surface area contributed by atoms with E-state index in [0.29, 0.717) is 0 Å². The zero-order valence-electron chi connectivity index (χ0n) is 46.3. The highest BCUT2D eigenvalue weighted by Gasteiger charge is 2.36. The van der Waals surface area contributed by atoms with Gasteiger partial charge in [0.2, 0.25) is 0 Å². The molecule has 0 atom stereocenters. The lowest BCUT2D eigenvalue weighted by atomic mass is 9.82. The first-order valence-electron chi connectivity index (χ1n) is 28.9. The van der Waals surface area contributed by atoms with Crippen molar-refractivity contribution in [2.75, 3.05) is 4.90 Å². The number of rotatable bonds is 9. The second-order valence-electron chi connectivity index (χ2n) is 22.8. The van der Waals surface area contributed by atoms with Crippen molar-refractivity contribution in [1.82, 2.24) is 4.57 Å². The van der Waals surface area contributed by atoms with Gasteiger partial charge in [0.15, 0.2) is 0 Å². The Labute approximate surface area is 484 Å². The van der Waals surface area contributed by atoms with E-state index in [1.165, 1.54) is 126 Å². The van der Waals surface area contributed by atoms with E-state index >= 15 is 0 Å². The van der Waals surface area contributed by atoms with E-state index in [4.69, 9.17) is 0 Å². The maximum absolute atomic E-state index is 2.43. The van der Waals surface area contributed by atoms with Crippen LogP contribution in [0.2, 0.25) is 0 Å². The molecule has 2 nitrogen and oxygen atoms in total. The van der Waals surface area contributed by atoms with Gasteiger partial charge in [-0.05, 0) is 183 Å². The van der Waals surface area contributed by atoms with Crippen molar-refractivity contribution in [3.63, 3.8) is 0 Å². The Kier molecular flexibility index (Phi) is 11.3. The van der Waals surface area contributed by atoms with Crippen molar-refractivity contribution in [3.05, 3.63) is 314 Å². The van der Waals surface area contributed by atoms with Crippen LogP contribution in [0.1, 0.15) is 25.0 Å². The average molecular weight is 1060 g/mol. The lowest BCUT2D eigenvalue weighted by molar-refractivity contribution is 0.660. The molecule has 0 saturated heterocycles. The molecule has 0 saturated carbocycles. The largest absolute Gasteiger partial charge is 0.310 e. The zero-order valence-corrected chi connectivity index (χ0v) is 46.3. The van der Waals surface area contributed by atoms with E-state index in [-0.39, 0.29) is 5.41 Å². The molecule has 0 N–H and O–H groups in total. The number of benzene rings is 14. The Bertz CT molecular complexity index is 5030. The van der Waals surface area contributed by atoms with Gasteiger partial charge in [-0.3, -0.25) is 0 Å². The fourth-order valence-electron chi connectivity index (χ4n) is 13.8. The van der Waals surface area contributed by atoms with Crippen LogP contribution in [-0.2, 0) is 5.41 Å². The monoisotopic (exact) mass is 1060 g/mol. The first-order chi connectivity index (χ1) is 40.9. The van der Waals surface area contributed by atoms with E-state index in [1.54, 1.807) is 0 Å². The number of aromatic nitrogens is 1. The molecule has 1 aliphatic carbocycles. The van der Waals surface area contributed by atoms with Gasteiger partial charge in [0.25, 0.3) is 0 Å². The molecular formula is C81H56N2.